The smallest absolute Gasteiger partial charge is 0.189 e. The van der Waals surface area contributed by atoms with E-state index in [1.807, 2.05) is 0 Å². The molecule has 0 aliphatic heterocycles. The number of aromatic hydroxyl groups is 1. The second-order valence-electron chi connectivity index (χ2n) is 5.30. The summed E-state index contributed by atoms with van der Waals surface area (Å²) in [7, 11) is 0. The zero-order valence-electron chi connectivity index (χ0n) is 13.0. The number of phenols is 1. The summed E-state index contributed by atoms with van der Waals surface area (Å²) in [5, 5.41) is 10.7. The number of nitrogens with zero attached hydrogens (tertiary/aromatic N) is 1. The summed E-state index contributed by atoms with van der Waals surface area (Å²) >= 11 is 12.1. The molecule has 0 saturated heterocycles. The maximum absolute atomic E-state index is 12.2. The SMILES string of the molecule is CCCCc1nc(/C=C/C(=O)c2cc(Cl)c(C)cc2O)c(Cl)[nH]1. The fraction of sp³-hybridized carbons (Fsp3) is 0.294. The molecule has 0 aliphatic rings. The van der Waals surface area contributed by atoms with Crippen molar-refractivity contribution in [2.45, 2.75) is 33.1 Å². The number of carbonyl (C=O) groups is 1. The Kier molecular flexibility index (Phi) is 5.85. The van der Waals surface area contributed by atoms with Gasteiger partial charge in [0.15, 0.2) is 5.78 Å². The van der Waals surface area contributed by atoms with Crippen LogP contribution in [0.15, 0.2) is 18.2 Å². The number of halogens is 2. The van der Waals surface area contributed by atoms with Crippen LogP contribution in [0.5, 0.6) is 5.75 Å². The molecule has 0 bridgehead atoms. The number of phenolic OH excluding ortho intramolecular Hbond substituents is 1. The van der Waals surface area contributed by atoms with Crippen LogP contribution in [0.2, 0.25) is 10.2 Å². The molecule has 0 unspecified atom stereocenters. The Morgan fingerprint density at radius 3 is 2.83 bits per heavy atom. The van der Waals surface area contributed by atoms with Crippen LogP contribution >= 0.6 is 23.2 Å². The molecular formula is C17H18Cl2N2O2. The molecule has 0 fully saturated rings. The van der Waals surface area contributed by atoms with E-state index in [1.165, 1.54) is 24.3 Å². The second-order valence-corrected chi connectivity index (χ2v) is 6.09. The summed E-state index contributed by atoms with van der Waals surface area (Å²) in [6, 6.07) is 2.92. The van der Waals surface area contributed by atoms with Crippen LogP contribution in [-0.2, 0) is 6.42 Å². The van der Waals surface area contributed by atoms with E-state index in [0.717, 1.165) is 25.1 Å². The first-order valence-electron chi connectivity index (χ1n) is 7.38. The first-order chi connectivity index (χ1) is 10.9. The predicted molar refractivity (Wildman–Crippen MR) is 93.4 cm³/mol. The maximum atomic E-state index is 12.2. The van der Waals surface area contributed by atoms with Crippen LogP contribution in [0, 0.1) is 6.92 Å². The van der Waals surface area contributed by atoms with E-state index in [9.17, 15) is 9.90 Å². The number of hydrogen-bond acceptors (Lipinski definition) is 3. The van der Waals surface area contributed by atoms with Gasteiger partial charge in [0.1, 0.15) is 22.4 Å². The number of aryl methyl sites for hydroxylation is 2. The van der Waals surface area contributed by atoms with Gasteiger partial charge in [-0.2, -0.15) is 0 Å². The molecule has 0 amide bonds. The van der Waals surface area contributed by atoms with Gasteiger partial charge in [0.2, 0.25) is 0 Å². The fourth-order valence-corrected chi connectivity index (χ4v) is 2.47. The van der Waals surface area contributed by atoms with Gasteiger partial charge in [0.25, 0.3) is 0 Å². The Labute approximate surface area is 145 Å². The largest absolute Gasteiger partial charge is 0.507 e. The molecule has 122 valence electrons. The number of aromatic amines is 1. The molecule has 0 spiro atoms. The summed E-state index contributed by atoms with van der Waals surface area (Å²) in [6.07, 6.45) is 5.75. The number of benzene rings is 1. The highest BCUT2D eigenvalue weighted by Gasteiger charge is 2.12. The van der Waals surface area contributed by atoms with Crippen molar-refractivity contribution in [2.24, 2.45) is 0 Å². The third-order valence-corrected chi connectivity index (χ3v) is 4.13. The standard InChI is InChI=1S/C17H18Cl2N2O2/c1-3-4-5-16-20-13(17(19)21-16)6-7-14(22)11-9-12(18)10(2)8-15(11)23/h6-9,23H,3-5H2,1-2H3,(H,20,21)/b7-6+. The van der Waals surface area contributed by atoms with Gasteiger partial charge < -0.3 is 10.1 Å². The lowest BCUT2D eigenvalue weighted by Crippen LogP contribution is -1.96. The molecule has 4 nitrogen and oxygen atoms in total. The van der Waals surface area contributed by atoms with Crippen molar-refractivity contribution in [1.82, 2.24) is 9.97 Å². The molecule has 0 saturated carbocycles. The number of H-pyrrole nitrogens is 1. The minimum atomic E-state index is -0.362. The molecular weight excluding hydrogens is 335 g/mol. The van der Waals surface area contributed by atoms with Crippen molar-refractivity contribution in [3.05, 3.63) is 51.0 Å². The number of nitrogens with one attached hydrogen (secondary N) is 1. The predicted octanol–water partition coefficient (Wildman–Crippen LogP) is 4.97. The van der Waals surface area contributed by atoms with Gasteiger partial charge in [-0.25, -0.2) is 4.98 Å². The number of imidazole rings is 1. The minimum absolute atomic E-state index is 0.0988. The van der Waals surface area contributed by atoms with Gasteiger partial charge in [-0.15, -0.1) is 0 Å². The van der Waals surface area contributed by atoms with Crippen molar-refractivity contribution >= 4 is 35.1 Å². The van der Waals surface area contributed by atoms with Crippen molar-refractivity contribution in [2.75, 3.05) is 0 Å². The highest BCUT2D eigenvalue weighted by atomic mass is 35.5. The molecule has 1 heterocycles. The summed E-state index contributed by atoms with van der Waals surface area (Å²) < 4.78 is 0. The molecule has 2 rings (SSSR count). The quantitative estimate of drug-likeness (QED) is 0.569. The van der Waals surface area contributed by atoms with E-state index in [-0.39, 0.29) is 17.1 Å². The van der Waals surface area contributed by atoms with Crippen molar-refractivity contribution in [3.8, 4) is 5.75 Å². The average molecular weight is 353 g/mol. The Bertz CT molecular complexity index is 751. The van der Waals surface area contributed by atoms with E-state index < -0.39 is 0 Å². The van der Waals surface area contributed by atoms with Gasteiger partial charge in [0, 0.05) is 11.4 Å². The number of rotatable bonds is 6. The highest BCUT2D eigenvalue weighted by Crippen LogP contribution is 2.26. The highest BCUT2D eigenvalue weighted by molar-refractivity contribution is 6.32. The fourth-order valence-electron chi connectivity index (χ4n) is 2.09. The molecule has 0 atom stereocenters. The first-order valence-corrected chi connectivity index (χ1v) is 8.13. The summed E-state index contributed by atoms with van der Waals surface area (Å²) in [4.78, 5) is 19.6. The molecule has 0 radical (unpaired) electrons. The second kappa shape index (κ2) is 7.66. The number of allylic oxidation sites excluding steroid dienone is 1. The summed E-state index contributed by atoms with van der Waals surface area (Å²) in [6.45, 7) is 3.86. The Morgan fingerprint density at radius 1 is 1.39 bits per heavy atom. The topological polar surface area (TPSA) is 66.0 Å². The lowest BCUT2D eigenvalue weighted by molar-refractivity contribution is 0.104. The van der Waals surface area contributed by atoms with E-state index in [1.54, 1.807) is 6.92 Å². The van der Waals surface area contributed by atoms with Crippen molar-refractivity contribution in [1.29, 1.82) is 0 Å². The molecule has 2 N–H and O–H groups in total. The third kappa shape index (κ3) is 4.36. The lowest BCUT2D eigenvalue weighted by atomic mass is 10.1. The van der Waals surface area contributed by atoms with Crippen LogP contribution in [-0.4, -0.2) is 20.9 Å². The number of aromatic nitrogens is 2. The van der Waals surface area contributed by atoms with Crippen molar-refractivity contribution in [3.63, 3.8) is 0 Å². The number of ketones is 1. The van der Waals surface area contributed by atoms with E-state index in [4.69, 9.17) is 23.2 Å². The van der Waals surface area contributed by atoms with Gasteiger partial charge in [-0.3, -0.25) is 4.79 Å². The summed E-state index contributed by atoms with van der Waals surface area (Å²) in [5.74, 6) is 0.335. The molecule has 0 aliphatic carbocycles. The summed E-state index contributed by atoms with van der Waals surface area (Å²) in [5.41, 5.74) is 1.36. The van der Waals surface area contributed by atoms with E-state index in [0.29, 0.717) is 21.4 Å². The number of unbranched alkanes of at least 4 members (excludes halogenated alkanes) is 1. The normalized spacial score (nSPS) is 11.3. The molecule has 1 aromatic heterocycles. The van der Waals surface area contributed by atoms with Gasteiger partial charge in [-0.1, -0.05) is 36.5 Å². The zero-order valence-corrected chi connectivity index (χ0v) is 14.5. The average Bonchev–Trinajstić information content (AvgIpc) is 2.86. The molecule has 1 aromatic carbocycles. The Morgan fingerprint density at radius 2 is 2.13 bits per heavy atom. The molecule has 23 heavy (non-hydrogen) atoms. The van der Waals surface area contributed by atoms with E-state index in [2.05, 4.69) is 16.9 Å². The van der Waals surface area contributed by atoms with Crippen LogP contribution in [0.3, 0.4) is 0 Å². The monoisotopic (exact) mass is 352 g/mol. The van der Waals surface area contributed by atoms with Gasteiger partial charge in [-0.05, 0) is 43.2 Å². The van der Waals surface area contributed by atoms with E-state index >= 15 is 0 Å². The zero-order chi connectivity index (χ0) is 17.0. The molecule has 2 aromatic rings. The van der Waals surface area contributed by atoms with Crippen LogP contribution in [0.25, 0.3) is 6.08 Å². The Hall–Kier alpha value is -1.78. The van der Waals surface area contributed by atoms with Crippen LogP contribution < -0.4 is 0 Å². The van der Waals surface area contributed by atoms with Gasteiger partial charge >= 0.3 is 0 Å². The maximum Gasteiger partial charge on any atom is 0.189 e. The third-order valence-electron chi connectivity index (χ3n) is 3.44. The minimum Gasteiger partial charge on any atom is -0.507 e. The first kappa shape index (κ1) is 17.6. The molecule has 6 heteroatoms. The lowest BCUT2D eigenvalue weighted by Gasteiger charge is -2.04. The number of carbonyl (C=O) groups excluding carboxylic acids is 1. The van der Waals surface area contributed by atoms with Crippen molar-refractivity contribution < 1.29 is 9.90 Å². The number of hydrogen-bond donors (Lipinski definition) is 2. The van der Waals surface area contributed by atoms with Gasteiger partial charge in [0.05, 0.1) is 5.56 Å². The Balaban J connectivity index is 2.18. The van der Waals surface area contributed by atoms with Crippen LogP contribution in [0.1, 0.15) is 47.2 Å². The van der Waals surface area contributed by atoms with Crippen LogP contribution in [0.4, 0.5) is 0 Å².